The number of carboxylic acids is 1. The highest BCUT2D eigenvalue weighted by atomic mass is 31.2. The number of likely N-dealkylation sites (N-methyl/N-ethyl adjacent to an activating group) is 1. The first-order chi connectivity index (χ1) is 10.8. The first kappa shape index (κ1) is 23.0. The number of phosphoric acid groups is 1. The monoisotopic (exact) mass is 371 g/mol. The molecule has 0 aromatic carbocycles. The van der Waals surface area contributed by atoms with Crippen LogP contribution < -0.4 is 5.32 Å². The van der Waals surface area contributed by atoms with Crippen molar-refractivity contribution in [2.45, 2.75) is 26.0 Å². The maximum Gasteiger partial charge on any atom is 0.475 e. The van der Waals surface area contributed by atoms with Crippen LogP contribution in [0.15, 0.2) is 0 Å². The number of carbonyl (C=O) groups is 2. The third-order valence-corrected chi connectivity index (χ3v) is 4.15. The highest BCUT2D eigenvalue weighted by Crippen LogP contribution is 2.49. The van der Waals surface area contributed by atoms with Crippen LogP contribution in [0.1, 0.15) is 13.8 Å². The van der Waals surface area contributed by atoms with Crippen LogP contribution in [0.3, 0.4) is 0 Å². The molecule has 3 N–H and O–H groups in total. The van der Waals surface area contributed by atoms with Crippen molar-refractivity contribution in [3.05, 3.63) is 0 Å². The number of aliphatic hydroxyl groups is 1. The van der Waals surface area contributed by atoms with E-state index >= 15 is 0 Å². The summed E-state index contributed by atoms with van der Waals surface area (Å²) < 4.78 is 28.0. The summed E-state index contributed by atoms with van der Waals surface area (Å²) in [6, 6.07) is -0.841. The molecule has 0 heterocycles. The smallest absolute Gasteiger partial charge is 0.475 e. The summed E-state index contributed by atoms with van der Waals surface area (Å²) in [5, 5.41) is 20.7. The van der Waals surface area contributed by atoms with E-state index in [1.807, 2.05) is 21.1 Å². The highest BCUT2D eigenvalue weighted by molar-refractivity contribution is 7.48. The average Bonchev–Trinajstić information content (AvgIpc) is 2.39. The van der Waals surface area contributed by atoms with Crippen LogP contribution in [-0.4, -0.2) is 86.2 Å². The fourth-order valence-corrected chi connectivity index (χ4v) is 2.55. The molecule has 1 amide bonds. The number of carboxylic acid groups (broad SMARTS) is 1. The highest BCUT2D eigenvalue weighted by Gasteiger charge is 2.31. The van der Waals surface area contributed by atoms with Crippen LogP contribution in [0.5, 0.6) is 0 Å². The SMILES string of the molecule is CC(=O)NC(COP(=O)(OCC[N+](C)(C)C)OCC(=O)O)C(C)O. The number of hydrogen-bond donors (Lipinski definition) is 3. The van der Waals surface area contributed by atoms with E-state index in [1.54, 1.807) is 0 Å². The molecular weight excluding hydrogens is 343 g/mol. The number of carbonyl (C=O) groups excluding carboxylic acids is 1. The van der Waals surface area contributed by atoms with E-state index in [-0.39, 0.29) is 13.2 Å². The fraction of sp³-hybridized carbons (Fsp3) is 0.846. The second-order valence-corrected chi connectivity index (χ2v) is 7.97. The van der Waals surface area contributed by atoms with Gasteiger partial charge in [0, 0.05) is 6.92 Å². The Morgan fingerprint density at radius 1 is 1.21 bits per heavy atom. The predicted molar refractivity (Wildman–Crippen MR) is 85.3 cm³/mol. The first-order valence-electron chi connectivity index (χ1n) is 7.36. The molecule has 24 heavy (non-hydrogen) atoms. The zero-order valence-electron chi connectivity index (χ0n) is 14.7. The Labute approximate surface area is 141 Å². The summed E-state index contributed by atoms with van der Waals surface area (Å²) in [6.45, 7) is 1.95. The molecule has 0 saturated heterocycles. The Morgan fingerprint density at radius 3 is 2.21 bits per heavy atom. The van der Waals surface area contributed by atoms with Gasteiger partial charge in [0.05, 0.1) is 39.9 Å². The zero-order valence-corrected chi connectivity index (χ0v) is 15.6. The lowest BCUT2D eigenvalue weighted by molar-refractivity contribution is -0.870. The number of amides is 1. The minimum absolute atomic E-state index is 0.0138. The molecule has 0 spiro atoms. The number of aliphatic carboxylic acids is 1. The van der Waals surface area contributed by atoms with Gasteiger partial charge in [-0.1, -0.05) is 0 Å². The van der Waals surface area contributed by atoms with Crippen molar-refractivity contribution in [3.8, 4) is 0 Å². The van der Waals surface area contributed by atoms with Gasteiger partial charge in [0.1, 0.15) is 13.2 Å². The molecule has 0 aliphatic heterocycles. The molecule has 3 unspecified atom stereocenters. The number of rotatable bonds is 12. The molecule has 0 bridgehead atoms. The summed E-state index contributed by atoms with van der Waals surface area (Å²) in [6.07, 6.45) is -0.979. The van der Waals surface area contributed by atoms with Crippen LogP contribution in [0, 0.1) is 0 Å². The van der Waals surface area contributed by atoms with Gasteiger partial charge in [-0.15, -0.1) is 0 Å². The van der Waals surface area contributed by atoms with E-state index in [0.29, 0.717) is 11.0 Å². The summed E-state index contributed by atoms with van der Waals surface area (Å²) in [4.78, 5) is 21.7. The molecule has 0 aliphatic carbocycles. The van der Waals surface area contributed by atoms with Crippen molar-refractivity contribution >= 4 is 19.7 Å². The largest absolute Gasteiger partial charge is 0.480 e. The van der Waals surface area contributed by atoms with Gasteiger partial charge in [-0.3, -0.25) is 18.4 Å². The minimum Gasteiger partial charge on any atom is -0.480 e. The number of nitrogens with zero attached hydrogens (tertiary/aromatic N) is 1. The van der Waals surface area contributed by atoms with Gasteiger partial charge >= 0.3 is 13.8 Å². The number of aliphatic hydroxyl groups excluding tert-OH is 1. The third kappa shape index (κ3) is 11.5. The number of nitrogens with one attached hydrogen (secondary N) is 1. The van der Waals surface area contributed by atoms with E-state index in [0.717, 1.165) is 0 Å². The molecule has 0 saturated carbocycles. The topological polar surface area (TPSA) is 131 Å². The van der Waals surface area contributed by atoms with Crippen molar-refractivity contribution < 1.29 is 42.4 Å². The quantitative estimate of drug-likeness (QED) is 0.318. The molecule has 11 heteroatoms. The van der Waals surface area contributed by atoms with Gasteiger partial charge in [0.2, 0.25) is 5.91 Å². The Kier molecular flexibility index (Phi) is 9.64. The van der Waals surface area contributed by atoms with Gasteiger partial charge in [-0.05, 0) is 6.92 Å². The lowest BCUT2D eigenvalue weighted by Crippen LogP contribution is -2.44. The van der Waals surface area contributed by atoms with E-state index in [1.165, 1.54) is 13.8 Å². The molecule has 142 valence electrons. The maximum atomic E-state index is 12.5. The van der Waals surface area contributed by atoms with E-state index in [4.69, 9.17) is 18.7 Å². The molecule has 0 aliphatic rings. The Balaban J connectivity index is 4.81. The first-order valence-corrected chi connectivity index (χ1v) is 8.82. The summed E-state index contributed by atoms with van der Waals surface area (Å²) >= 11 is 0. The van der Waals surface area contributed by atoms with Crippen molar-refractivity contribution in [1.82, 2.24) is 5.32 Å². The van der Waals surface area contributed by atoms with Crippen LogP contribution in [0.25, 0.3) is 0 Å². The van der Waals surface area contributed by atoms with Crippen molar-refractivity contribution in [1.29, 1.82) is 0 Å². The van der Waals surface area contributed by atoms with Gasteiger partial charge < -0.3 is 20.0 Å². The lowest BCUT2D eigenvalue weighted by atomic mass is 10.2. The molecule has 0 radical (unpaired) electrons. The number of phosphoric ester groups is 1. The average molecular weight is 371 g/mol. The third-order valence-electron chi connectivity index (χ3n) is 2.74. The lowest BCUT2D eigenvalue weighted by Gasteiger charge is -2.26. The van der Waals surface area contributed by atoms with Gasteiger partial charge in [0.15, 0.2) is 6.61 Å². The van der Waals surface area contributed by atoms with Crippen LogP contribution in [0.4, 0.5) is 0 Å². The van der Waals surface area contributed by atoms with Gasteiger partial charge in [-0.2, -0.15) is 0 Å². The van der Waals surface area contributed by atoms with E-state index in [2.05, 4.69) is 5.32 Å². The van der Waals surface area contributed by atoms with Crippen molar-refractivity contribution in [3.63, 3.8) is 0 Å². The van der Waals surface area contributed by atoms with Crippen molar-refractivity contribution in [2.24, 2.45) is 0 Å². The Hall–Kier alpha value is -1.03. The molecular formula is C13H28N2O8P+. The standard InChI is InChI=1S/C13H27N2O8P/c1-10(16)12(14-11(2)17)8-22-24(20,23-9-13(18)19)21-7-6-15(3,4)5/h10,12,16H,6-9H2,1-5H3,(H-,14,17,18,19)/p+1. The summed E-state index contributed by atoms with van der Waals surface area (Å²) in [5.41, 5.74) is 0. The second-order valence-electron chi connectivity index (χ2n) is 6.30. The van der Waals surface area contributed by atoms with Crippen LogP contribution >= 0.6 is 7.82 Å². The molecule has 0 rings (SSSR count). The fourth-order valence-electron chi connectivity index (χ4n) is 1.41. The van der Waals surface area contributed by atoms with Crippen molar-refractivity contribution in [2.75, 3.05) is 47.5 Å². The Morgan fingerprint density at radius 2 is 1.79 bits per heavy atom. The second kappa shape index (κ2) is 10.1. The van der Waals surface area contributed by atoms with Crippen LogP contribution in [0.2, 0.25) is 0 Å². The zero-order chi connectivity index (χ0) is 19.0. The van der Waals surface area contributed by atoms with E-state index < -0.39 is 38.5 Å². The molecule has 10 nitrogen and oxygen atoms in total. The van der Waals surface area contributed by atoms with Gasteiger partial charge in [0.25, 0.3) is 0 Å². The summed E-state index contributed by atoms with van der Waals surface area (Å²) in [5.74, 6) is -1.74. The van der Waals surface area contributed by atoms with Crippen LogP contribution in [-0.2, 0) is 27.7 Å². The number of quaternary nitrogens is 1. The predicted octanol–water partition coefficient (Wildman–Crippen LogP) is -0.179. The van der Waals surface area contributed by atoms with E-state index in [9.17, 15) is 19.3 Å². The molecule has 3 atom stereocenters. The molecule has 0 aromatic rings. The molecule has 0 aromatic heterocycles. The van der Waals surface area contributed by atoms with Gasteiger partial charge in [-0.25, -0.2) is 9.36 Å². The minimum atomic E-state index is -4.15. The summed E-state index contributed by atoms with van der Waals surface area (Å²) in [7, 11) is 1.54. The number of hydrogen-bond acceptors (Lipinski definition) is 7. The Bertz CT molecular complexity index is 463. The maximum absolute atomic E-state index is 12.5. The normalized spacial score (nSPS) is 16.9. The molecule has 0 fully saturated rings.